The van der Waals surface area contributed by atoms with E-state index in [1.807, 2.05) is 0 Å². The van der Waals surface area contributed by atoms with E-state index < -0.39 is 15.8 Å². The Morgan fingerprint density at radius 3 is 2.50 bits per heavy atom. The molecular weight excluding hydrogens is 455 g/mol. The lowest BCUT2D eigenvalue weighted by atomic mass is 10.1. The summed E-state index contributed by atoms with van der Waals surface area (Å²) < 4.78 is 39.5. The third-order valence-corrected chi connectivity index (χ3v) is 6.20. The molecule has 0 fully saturated rings. The lowest BCUT2D eigenvalue weighted by Gasteiger charge is -2.11. The van der Waals surface area contributed by atoms with Crippen LogP contribution in [0.5, 0.6) is 0 Å². The molecule has 164 valence electrons. The molecule has 0 aliphatic carbocycles. The van der Waals surface area contributed by atoms with Gasteiger partial charge in [-0.3, -0.25) is 4.79 Å². The molecule has 0 saturated heterocycles. The number of rotatable bonds is 5. The van der Waals surface area contributed by atoms with Gasteiger partial charge in [-0.1, -0.05) is 29.8 Å². The minimum atomic E-state index is -4.14. The maximum Gasteiger partial charge on any atom is 0.238 e. The summed E-state index contributed by atoms with van der Waals surface area (Å²) >= 11 is 6.12. The average Bonchev–Trinajstić information content (AvgIpc) is 3.05. The average molecular weight is 473 g/mol. The molecule has 0 aliphatic rings. The Labute approximate surface area is 188 Å². The largest absolute Gasteiger partial charge is 0.326 e. The number of sulfonamides is 1. The van der Waals surface area contributed by atoms with Crippen LogP contribution in [0.15, 0.2) is 65.6 Å². The van der Waals surface area contributed by atoms with Crippen molar-refractivity contribution in [1.82, 2.24) is 9.78 Å². The first-order valence-corrected chi connectivity index (χ1v) is 11.4. The zero-order chi connectivity index (χ0) is 23.0. The Morgan fingerprint density at radius 1 is 1.16 bits per heavy atom. The number of benzene rings is 3. The van der Waals surface area contributed by atoms with Crippen LogP contribution in [0.2, 0.25) is 5.02 Å². The number of aromatic nitrogens is 2. The number of hydrogen-bond acceptors (Lipinski definition) is 4. The Balaban J connectivity index is 1.81. The van der Waals surface area contributed by atoms with E-state index >= 15 is 0 Å². The molecule has 3 aromatic carbocycles. The zero-order valence-corrected chi connectivity index (χ0v) is 18.4. The van der Waals surface area contributed by atoms with E-state index in [2.05, 4.69) is 10.4 Å². The number of carbonyl (C=O) groups is 1. The highest BCUT2D eigenvalue weighted by Crippen LogP contribution is 2.31. The number of nitrogens with zero attached hydrogens (tertiary/aromatic N) is 2. The molecule has 0 saturated carbocycles. The van der Waals surface area contributed by atoms with Crippen LogP contribution in [-0.2, 0) is 21.2 Å². The molecule has 1 heterocycles. The quantitative estimate of drug-likeness (QED) is 0.458. The first-order valence-electron chi connectivity index (χ1n) is 9.49. The fraction of sp³-hybridized carbons (Fsp3) is 0.0909. The highest BCUT2D eigenvalue weighted by Gasteiger charge is 2.21. The molecule has 0 aliphatic heterocycles. The number of hydrogen-bond donors (Lipinski definition) is 2. The summed E-state index contributed by atoms with van der Waals surface area (Å²) in [6.07, 6.45) is -0.00132. The fourth-order valence-corrected chi connectivity index (χ4v) is 4.51. The van der Waals surface area contributed by atoms with E-state index in [-0.39, 0.29) is 22.9 Å². The Kier molecular flexibility index (Phi) is 5.72. The number of halogens is 2. The van der Waals surface area contributed by atoms with E-state index in [1.54, 1.807) is 37.3 Å². The maximum atomic E-state index is 13.4. The number of fused-ring (bicyclic) bond motifs is 1. The summed E-state index contributed by atoms with van der Waals surface area (Å²) in [6, 6.07) is 15.4. The van der Waals surface area contributed by atoms with Crippen molar-refractivity contribution in [2.45, 2.75) is 18.2 Å². The van der Waals surface area contributed by atoms with Crippen molar-refractivity contribution >= 4 is 44.1 Å². The van der Waals surface area contributed by atoms with E-state index in [1.165, 1.54) is 35.0 Å². The van der Waals surface area contributed by atoms with Gasteiger partial charge in [-0.2, -0.15) is 5.10 Å². The van der Waals surface area contributed by atoms with Crippen LogP contribution in [0.25, 0.3) is 16.6 Å². The summed E-state index contributed by atoms with van der Waals surface area (Å²) in [5, 5.41) is 13.3. The van der Waals surface area contributed by atoms with Crippen LogP contribution in [0.4, 0.5) is 10.1 Å². The smallest absolute Gasteiger partial charge is 0.238 e. The lowest BCUT2D eigenvalue weighted by Crippen LogP contribution is -2.17. The second kappa shape index (κ2) is 8.34. The lowest BCUT2D eigenvalue weighted by molar-refractivity contribution is -0.115. The normalized spacial score (nSPS) is 11.6. The summed E-state index contributed by atoms with van der Waals surface area (Å²) in [5.41, 5.74) is 2.19. The fourth-order valence-electron chi connectivity index (χ4n) is 3.48. The molecule has 0 atom stereocenters. The molecule has 0 bridgehead atoms. The molecule has 4 rings (SSSR count). The maximum absolute atomic E-state index is 13.4. The van der Waals surface area contributed by atoms with Gasteiger partial charge in [-0.05, 0) is 55.0 Å². The van der Waals surface area contributed by atoms with Crippen LogP contribution in [0.3, 0.4) is 0 Å². The molecule has 0 spiro atoms. The van der Waals surface area contributed by atoms with E-state index in [9.17, 15) is 17.6 Å². The number of anilines is 1. The van der Waals surface area contributed by atoms with Gasteiger partial charge in [0.25, 0.3) is 0 Å². The Morgan fingerprint density at radius 2 is 1.84 bits per heavy atom. The van der Waals surface area contributed by atoms with E-state index in [0.29, 0.717) is 32.9 Å². The van der Waals surface area contributed by atoms with Crippen molar-refractivity contribution in [3.8, 4) is 5.69 Å². The van der Waals surface area contributed by atoms with Gasteiger partial charge in [0.1, 0.15) is 5.82 Å². The first-order chi connectivity index (χ1) is 15.1. The van der Waals surface area contributed by atoms with Gasteiger partial charge >= 0.3 is 0 Å². The third kappa shape index (κ3) is 4.36. The highest BCUT2D eigenvalue weighted by atomic mass is 35.5. The monoisotopic (exact) mass is 472 g/mol. The van der Waals surface area contributed by atoms with Gasteiger partial charge < -0.3 is 5.32 Å². The van der Waals surface area contributed by atoms with Crippen molar-refractivity contribution in [1.29, 1.82) is 0 Å². The van der Waals surface area contributed by atoms with Crippen molar-refractivity contribution in [2.75, 3.05) is 5.32 Å². The van der Waals surface area contributed by atoms with Gasteiger partial charge in [-0.15, -0.1) is 0 Å². The van der Waals surface area contributed by atoms with E-state index in [0.717, 1.165) is 0 Å². The minimum Gasteiger partial charge on any atom is -0.326 e. The number of nitrogens with one attached hydrogen (secondary N) is 1. The number of amides is 1. The molecule has 32 heavy (non-hydrogen) atoms. The molecule has 1 aromatic heterocycles. The third-order valence-electron chi connectivity index (χ3n) is 4.89. The number of carbonyl (C=O) groups excluding carboxylic acids is 1. The van der Waals surface area contributed by atoms with E-state index in [4.69, 9.17) is 16.7 Å². The SMILES string of the molecule is Cc1nn(-c2ccc(F)cc2)c2cc(NC(=O)Cc3ccccc3Cl)cc(S(N)(=O)=O)c12. The molecule has 0 unspecified atom stereocenters. The van der Waals surface area contributed by atoms with Crippen LogP contribution < -0.4 is 10.5 Å². The topological polar surface area (TPSA) is 107 Å². The first kappa shape index (κ1) is 21.9. The molecule has 1 amide bonds. The Hall–Kier alpha value is -3.27. The number of primary sulfonamides is 1. The Bertz CT molecular complexity index is 1450. The molecule has 0 radical (unpaired) electrons. The van der Waals surface area contributed by atoms with Gasteiger partial charge in [-0.25, -0.2) is 22.6 Å². The zero-order valence-electron chi connectivity index (χ0n) is 16.8. The molecule has 7 nitrogen and oxygen atoms in total. The highest BCUT2D eigenvalue weighted by molar-refractivity contribution is 7.89. The second-order valence-electron chi connectivity index (χ2n) is 7.20. The van der Waals surface area contributed by atoms with Gasteiger partial charge in [0, 0.05) is 16.1 Å². The summed E-state index contributed by atoms with van der Waals surface area (Å²) in [6.45, 7) is 1.65. The summed E-state index contributed by atoms with van der Waals surface area (Å²) in [5.74, 6) is -0.804. The van der Waals surface area contributed by atoms with Crippen molar-refractivity contribution in [3.05, 3.63) is 82.8 Å². The van der Waals surface area contributed by atoms with Crippen molar-refractivity contribution < 1.29 is 17.6 Å². The molecule has 10 heteroatoms. The number of nitrogens with two attached hydrogens (primary N) is 1. The molecule has 3 N–H and O–H groups in total. The molecular formula is C22H18ClFN4O3S. The summed E-state index contributed by atoms with van der Waals surface area (Å²) in [7, 11) is -4.14. The summed E-state index contributed by atoms with van der Waals surface area (Å²) in [4.78, 5) is 12.4. The van der Waals surface area contributed by atoms with Crippen LogP contribution in [-0.4, -0.2) is 24.1 Å². The van der Waals surface area contributed by atoms with Crippen molar-refractivity contribution in [2.24, 2.45) is 5.14 Å². The van der Waals surface area contributed by atoms with Crippen LogP contribution in [0.1, 0.15) is 11.3 Å². The minimum absolute atomic E-state index is 0.00132. The second-order valence-corrected chi connectivity index (χ2v) is 9.14. The van der Waals surface area contributed by atoms with Crippen LogP contribution in [0, 0.1) is 12.7 Å². The predicted octanol–water partition coefficient (Wildman–Crippen LogP) is 3.96. The van der Waals surface area contributed by atoms with Gasteiger partial charge in [0.05, 0.1) is 28.2 Å². The standard InChI is InChI=1S/C22H18ClFN4O3S/c1-13-22-19(28(27-13)17-8-6-15(24)7-9-17)11-16(12-20(22)32(25,30)31)26-21(29)10-14-4-2-3-5-18(14)23/h2-9,11-12H,10H2,1H3,(H,26,29)(H2,25,30,31). The predicted molar refractivity (Wildman–Crippen MR) is 121 cm³/mol. The molecule has 4 aromatic rings. The van der Waals surface area contributed by atoms with Gasteiger partial charge in [0.2, 0.25) is 15.9 Å². The van der Waals surface area contributed by atoms with Gasteiger partial charge in [0.15, 0.2) is 0 Å². The van der Waals surface area contributed by atoms with Crippen LogP contribution >= 0.6 is 11.6 Å². The van der Waals surface area contributed by atoms with Crippen molar-refractivity contribution in [3.63, 3.8) is 0 Å². The number of aryl methyl sites for hydroxylation is 1.